The molecule has 0 saturated carbocycles. The van der Waals surface area contributed by atoms with Crippen molar-refractivity contribution in [1.29, 1.82) is 0 Å². The Kier molecular flexibility index (Phi) is 6.73. The van der Waals surface area contributed by atoms with Crippen LogP contribution < -0.4 is 15.8 Å². The van der Waals surface area contributed by atoms with Crippen molar-refractivity contribution in [2.45, 2.75) is 32.5 Å². The number of carbonyl (C=O) groups excluding carboxylic acids is 1. The maximum absolute atomic E-state index is 14.2. The number of aliphatic hydroxyl groups is 1. The van der Waals surface area contributed by atoms with Gasteiger partial charge in [0.25, 0.3) is 11.5 Å². The average molecular weight is 540 g/mol. The van der Waals surface area contributed by atoms with Crippen molar-refractivity contribution in [2.24, 2.45) is 0 Å². The largest absolute Gasteiger partial charge is 0.444 e. The number of rotatable bonds is 6. The van der Waals surface area contributed by atoms with E-state index in [4.69, 9.17) is 4.42 Å². The van der Waals surface area contributed by atoms with Gasteiger partial charge in [0.05, 0.1) is 23.1 Å². The van der Waals surface area contributed by atoms with Crippen molar-refractivity contribution < 1.29 is 27.5 Å². The number of benzene rings is 2. The van der Waals surface area contributed by atoms with Crippen molar-refractivity contribution in [3.05, 3.63) is 76.5 Å². The SMILES string of the molecule is CCNc1cc(-c2cc(C)cc(-c3cnco3)c2)nn(-c2cc(N3CC[C@H](O)C3=O)ccc2C(F)(F)F)c1=O. The lowest BCUT2D eigenvalue weighted by Crippen LogP contribution is -2.30. The quantitative estimate of drug-likeness (QED) is 0.373. The first-order valence-electron chi connectivity index (χ1n) is 12.2. The monoisotopic (exact) mass is 539 g/mol. The minimum Gasteiger partial charge on any atom is -0.444 e. The third-order valence-corrected chi connectivity index (χ3v) is 6.37. The number of amides is 1. The van der Waals surface area contributed by atoms with Crippen LogP contribution >= 0.6 is 0 Å². The lowest BCUT2D eigenvalue weighted by atomic mass is 10.0. The molecule has 1 aliphatic rings. The molecule has 0 bridgehead atoms. The number of halogens is 3. The summed E-state index contributed by atoms with van der Waals surface area (Å²) in [5, 5.41) is 17.1. The van der Waals surface area contributed by atoms with Crippen LogP contribution in [0.15, 0.2) is 64.3 Å². The lowest BCUT2D eigenvalue weighted by Gasteiger charge is -2.21. The first kappa shape index (κ1) is 26.2. The molecule has 202 valence electrons. The number of nitrogens with zero attached hydrogens (tertiary/aromatic N) is 4. The minimum absolute atomic E-state index is 0.0522. The van der Waals surface area contributed by atoms with E-state index in [9.17, 15) is 27.9 Å². The third kappa shape index (κ3) is 5.02. The van der Waals surface area contributed by atoms with Gasteiger partial charge in [0.15, 0.2) is 12.2 Å². The van der Waals surface area contributed by atoms with Crippen LogP contribution in [0.4, 0.5) is 24.5 Å². The fourth-order valence-corrected chi connectivity index (χ4v) is 4.57. The smallest absolute Gasteiger partial charge is 0.418 e. The molecule has 1 aliphatic heterocycles. The molecule has 3 heterocycles. The van der Waals surface area contributed by atoms with Crippen molar-refractivity contribution in [3.63, 3.8) is 0 Å². The van der Waals surface area contributed by atoms with Crippen molar-refractivity contribution >= 4 is 17.3 Å². The normalized spacial score (nSPS) is 15.7. The standard InChI is InChI=1S/C27H24F3N5O4/c1-3-32-21-12-20(16-8-15(2)9-17(10-16)24-13-31-14-39-24)33-35(25(21)37)22-11-18(4-5-19(22)27(28,29)30)34-7-6-23(36)26(34)38/h4-5,8-14,23,32,36H,3,6-7H2,1-2H3/t23-/m0/s1. The topological polar surface area (TPSA) is 113 Å². The summed E-state index contributed by atoms with van der Waals surface area (Å²) in [6.07, 6.45) is -3.08. The molecule has 1 fully saturated rings. The Balaban J connectivity index is 1.73. The first-order chi connectivity index (χ1) is 18.6. The molecule has 2 aromatic heterocycles. The summed E-state index contributed by atoms with van der Waals surface area (Å²) < 4.78 is 48.6. The van der Waals surface area contributed by atoms with E-state index in [2.05, 4.69) is 15.4 Å². The Hall–Kier alpha value is -4.45. The number of hydrogen-bond acceptors (Lipinski definition) is 7. The molecule has 1 saturated heterocycles. The van der Waals surface area contributed by atoms with Crippen LogP contribution in [0.3, 0.4) is 0 Å². The maximum atomic E-state index is 14.2. The van der Waals surface area contributed by atoms with E-state index in [1.807, 2.05) is 13.0 Å². The zero-order chi connectivity index (χ0) is 27.9. The zero-order valence-electron chi connectivity index (χ0n) is 21.0. The molecule has 39 heavy (non-hydrogen) atoms. The second-order valence-electron chi connectivity index (χ2n) is 9.14. The predicted octanol–water partition coefficient (Wildman–Crippen LogP) is 4.41. The van der Waals surface area contributed by atoms with Crippen LogP contribution in [-0.2, 0) is 11.0 Å². The molecule has 4 aromatic rings. The average Bonchev–Trinajstić information content (AvgIpc) is 3.55. The Morgan fingerprint density at radius 3 is 2.54 bits per heavy atom. The van der Waals surface area contributed by atoms with Gasteiger partial charge in [0, 0.05) is 36.3 Å². The summed E-state index contributed by atoms with van der Waals surface area (Å²) in [6.45, 7) is 4.06. The van der Waals surface area contributed by atoms with E-state index < -0.39 is 35.0 Å². The zero-order valence-corrected chi connectivity index (χ0v) is 21.0. The van der Waals surface area contributed by atoms with Crippen LogP contribution in [0.25, 0.3) is 28.3 Å². The van der Waals surface area contributed by atoms with Gasteiger partial charge in [-0.15, -0.1) is 0 Å². The van der Waals surface area contributed by atoms with Crippen LogP contribution in [0.2, 0.25) is 0 Å². The highest BCUT2D eigenvalue weighted by atomic mass is 19.4. The number of hydrogen-bond donors (Lipinski definition) is 2. The molecule has 1 amide bonds. The second-order valence-corrected chi connectivity index (χ2v) is 9.14. The van der Waals surface area contributed by atoms with Gasteiger partial charge in [0.2, 0.25) is 0 Å². The molecular formula is C27H24F3N5O4. The molecule has 12 heteroatoms. The van der Waals surface area contributed by atoms with E-state index in [0.717, 1.165) is 23.8 Å². The van der Waals surface area contributed by atoms with Gasteiger partial charge in [-0.1, -0.05) is 0 Å². The fourth-order valence-electron chi connectivity index (χ4n) is 4.57. The van der Waals surface area contributed by atoms with Crippen LogP contribution in [0.5, 0.6) is 0 Å². The summed E-state index contributed by atoms with van der Waals surface area (Å²) in [4.78, 5) is 30.9. The number of anilines is 2. The second kappa shape index (κ2) is 10.0. The fraction of sp³-hybridized carbons (Fsp3) is 0.259. The Morgan fingerprint density at radius 1 is 1.13 bits per heavy atom. The van der Waals surface area contributed by atoms with Gasteiger partial charge in [-0.2, -0.15) is 23.0 Å². The summed E-state index contributed by atoms with van der Waals surface area (Å²) in [5.41, 5.74) is 0.0201. The Morgan fingerprint density at radius 2 is 1.90 bits per heavy atom. The van der Waals surface area contributed by atoms with E-state index in [-0.39, 0.29) is 30.0 Å². The molecule has 0 aliphatic carbocycles. The number of oxazole rings is 1. The van der Waals surface area contributed by atoms with Crippen molar-refractivity contribution in [1.82, 2.24) is 14.8 Å². The molecule has 0 unspecified atom stereocenters. The summed E-state index contributed by atoms with van der Waals surface area (Å²) >= 11 is 0. The van der Waals surface area contributed by atoms with Gasteiger partial charge < -0.3 is 19.7 Å². The highest BCUT2D eigenvalue weighted by molar-refractivity contribution is 5.98. The van der Waals surface area contributed by atoms with Crippen molar-refractivity contribution in [3.8, 4) is 28.3 Å². The van der Waals surface area contributed by atoms with Crippen molar-refractivity contribution in [2.75, 3.05) is 23.3 Å². The number of alkyl halides is 3. The molecule has 5 rings (SSSR count). The number of carbonyl (C=O) groups is 1. The van der Waals surface area contributed by atoms with Gasteiger partial charge in [-0.05, 0) is 61.9 Å². The van der Waals surface area contributed by atoms with E-state index in [0.29, 0.717) is 28.1 Å². The van der Waals surface area contributed by atoms with Gasteiger partial charge in [0.1, 0.15) is 11.8 Å². The number of aromatic nitrogens is 3. The van der Waals surface area contributed by atoms with Crippen LogP contribution in [0, 0.1) is 6.92 Å². The van der Waals surface area contributed by atoms with Gasteiger partial charge in [-0.25, -0.2) is 4.98 Å². The highest BCUT2D eigenvalue weighted by Crippen LogP contribution is 2.37. The molecule has 1 atom stereocenters. The number of nitrogens with one attached hydrogen (secondary N) is 1. The first-order valence-corrected chi connectivity index (χ1v) is 12.2. The molecule has 0 spiro atoms. The highest BCUT2D eigenvalue weighted by Gasteiger charge is 2.37. The number of aliphatic hydroxyl groups excluding tert-OH is 1. The van der Waals surface area contributed by atoms with Crippen LogP contribution in [-0.4, -0.2) is 45.0 Å². The molecule has 2 N–H and O–H groups in total. The van der Waals surface area contributed by atoms with Crippen LogP contribution in [0.1, 0.15) is 24.5 Å². The van der Waals surface area contributed by atoms with Gasteiger partial charge in [-0.3, -0.25) is 9.59 Å². The van der Waals surface area contributed by atoms with E-state index >= 15 is 0 Å². The minimum atomic E-state index is -4.82. The Bertz CT molecular complexity index is 1600. The molecule has 9 nitrogen and oxygen atoms in total. The predicted molar refractivity (Wildman–Crippen MR) is 138 cm³/mol. The summed E-state index contributed by atoms with van der Waals surface area (Å²) in [7, 11) is 0. The summed E-state index contributed by atoms with van der Waals surface area (Å²) in [5.74, 6) is -0.132. The maximum Gasteiger partial charge on any atom is 0.418 e. The number of aryl methyl sites for hydroxylation is 1. The van der Waals surface area contributed by atoms with E-state index in [1.54, 1.807) is 19.1 Å². The Labute approximate surface area is 220 Å². The molecular weight excluding hydrogens is 515 g/mol. The molecule has 0 radical (unpaired) electrons. The van der Waals surface area contributed by atoms with E-state index in [1.165, 1.54) is 23.6 Å². The summed E-state index contributed by atoms with van der Waals surface area (Å²) in [6, 6.07) is 9.93. The molecule has 2 aromatic carbocycles. The third-order valence-electron chi connectivity index (χ3n) is 6.37. The lowest BCUT2D eigenvalue weighted by molar-refractivity contribution is -0.137. The van der Waals surface area contributed by atoms with Gasteiger partial charge >= 0.3 is 6.18 Å².